The number of aromatic nitrogens is 2. The number of aromatic carboxylic acids is 1. The molecule has 0 bridgehead atoms. The van der Waals surface area contributed by atoms with E-state index >= 15 is 0 Å². The van der Waals surface area contributed by atoms with Crippen LogP contribution in [0.2, 0.25) is 25.7 Å². The molecular weight excluding hydrogens is 436 g/mol. The second-order valence-electron chi connectivity index (χ2n) is 11.0. The Hall–Kier alpha value is -2.49. The largest absolute Gasteiger partial charge is 0.476 e. The normalized spacial score (nSPS) is 21.7. The smallest absolute Gasteiger partial charge is 0.356 e. The fourth-order valence-corrected chi connectivity index (χ4v) is 4.71. The first-order chi connectivity index (χ1) is 15.3. The Kier molecular flexibility index (Phi) is 8.61. The number of nitrogens with zero attached hydrogens (tertiary/aromatic N) is 4. The second kappa shape index (κ2) is 10.6. The number of fused-ring (bicyclic) bond motifs is 1. The fraction of sp³-hybridized carbons (Fsp3) is 0.708. The maximum atomic E-state index is 11.4. The average molecular weight is 473 g/mol. The van der Waals surface area contributed by atoms with Crippen LogP contribution in [-0.4, -0.2) is 41.3 Å². The van der Waals surface area contributed by atoms with Crippen molar-refractivity contribution in [3.05, 3.63) is 17.0 Å². The van der Waals surface area contributed by atoms with E-state index in [9.17, 15) is 20.0 Å². The SMILES string of the molecule is CC1(C#N)CCC(=O)CC1.CC1(C#N)CCc2c(C(=O)O)nn(COCC[Si](C)(C)C)c2C1. The van der Waals surface area contributed by atoms with Crippen LogP contribution in [0.15, 0.2) is 0 Å². The van der Waals surface area contributed by atoms with Crippen molar-refractivity contribution in [2.75, 3.05) is 6.61 Å². The molecule has 1 heterocycles. The van der Waals surface area contributed by atoms with Gasteiger partial charge in [-0.15, -0.1) is 0 Å². The number of carboxylic acid groups (broad SMARTS) is 1. The number of nitriles is 2. The molecule has 1 aromatic heterocycles. The summed E-state index contributed by atoms with van der Waals surface area (Å²) in [6.07, 6.45) is 4.48. The molecule has 1 aromatic rings. The molecule has 1 atom stereocenters. The predicted octanol–water partition coefficient (Wildman–Crippen LogP) is 4.57. The van der Waals surface area contributed by atoms with Gasteiger partial charge < -0.3 is 9.84 Å². The lowest BCUT2D eigenvalue weighted by atomic mass is 9.76. The zero-order chi connectivity index (χ0) is 24.9. The zero-order valence-corrected chi connectivity index (χ0v) is 21.5. The van der Waals surface area contributed by atoms with E-state index < -0.39 is 19.5 Å². The Bertz CT molecular complexity index is 957. The van der Waals surface area contributed by atoms with Crippen LogP contribution in [0.25, 0.3) is 0 Å². The van der Waals surface area contributed by atoms with Crippen LogP contribution in [0.5, 0.6) is 0 Å². The summed E-state index contributed by atoms with van der Waals surface area (Å²) in [6, 6.07) is 5.65. The van der Waals surface area contributed by atoms with Crippen molar-refractivity contribution in [1.82, 2.24) is 9.78 Å². The highest BCUT2D eigenvalue weighted by atomic mass is 28.3. The van der Waals surface area contributed by atoms with Gasteiger partial charge in [0.1, 0.15) is 12.5 Å². The van der Waals surface area contributed by atoms with E-state index in [-0.39, 0.29) is 17.8 Å². The lowest BCUT2D eigenvalue weighted by Gasteiger charge is -2.27. The summed E-state index contributed by atoms with van der Waals surface area (Å²) >= 11 is 0. The average Bonchev–Trinajstić information content (AvgIpc) is 3.11. The van der Waals surface area contributed by atoms with E-state index in [2.05, 4.69) is 36.9 Å². The van der Waals surface area contributed by atoms with Gasteiger partial charge in [0.2, 0.25) is 0 Å². The predicted molar refractivity (Wildman–Crippen MR) is 126 cm³/mol. The number of ether oxygens (including phenoxy) is 1. The maximum absolute atomic E-state index is 11.4. The second-order valence-corrected chi connectivity index (χ2v) is 16.6. The van der Waals surface area contributed by atoms with Gasteiger partial charge in [-0.2, -0.15) is 15.6 Å². The van der Waals surface area contributed by atoms with Gasteiger partial charge in [-0.1, -0.05) is 19.6 Å². The Balaban J connectivity index is 0.000000321. The third-order valence-corrected chi connectivity index (χ3v) is 8.22. The highest BCUT2D eigenvalue weighted by Gasteiger charge is 2.36. The van der Waals surface area contributed by atoms with Crippen molar-refractivity contribution in [2.45, 2.75) is 91.2 Å². The molecule has 2 aliphatic rings. The molecule has 2 aliphatic carbocycles. The molecule has 0 saturated heterocycles. The van der Waals surface area contributed by atoms with Crippen molar-refractivity contribution < 1.29 is 19.4 Å². The molecule has 0 aromatic carbocycles. The van der Waals surface area contributed by atoms with E-state index in [1.165, 1.54) is 0 Å². The minimum Gasteiger partial charge on any atom is -0.476 e. The number of ketones is 1. The first-order valence-corrected chi connectivity index (χ1v) is 15.3. The number of carbonyl (C=O) groups excluding carboxylic acids is 1. The van der Waals surface area contributed by atoms with Gasteiger partial charge >= 0.3 is 5.97 Å². The number of rotatable bonds is 6. The van der Waals surface area contributed by atoms with Gasteiger partial charge in [-0.05, 0) is 45.6 Å². The first-order valence-electron chi connectivity index (χ1n) is 11.6. The minimum atomic E-state index is -1.16. The zero-order valence-electron chi connectivity index (χ0n) is 20.5. The van der Waals surface area contributed by atoms with E-state index in [4.69, 9.17) is 10.00 Å². The van der Waals surface area contributed by atoms with Crippen molar-refractivity contribution in [3.63, 3.8) is 0 Å². The van der Waals surface area contributed by atoms with E-state index in [1.807, 2.05) is 13.8 Å². The Morgan fingerprint density at radius 1 is 1.12 bits per heavy atom. The highest BCUT2D eigenvalue weighted by molar-refractivity contribution is 6.76. The van der Waals surface area contributed by atoms with Crippen molar-refractivity contribution in [2.24, 2.45) is 10.8 Å². The van der Waals surface area contributed by atoms with Crippen LogP contribution in [0.4, 0.5) is 0 Å². The van der Waals surface area contributed by atoms with Crippen LogP contribution in [0.3, 0.4) is 0 Å². The number of carbonyl (C=O) groups is 2. The van der Waals surface area contributed by atoms with Crippen LogP contribution in [0, 0.1) is 33.5 Å². The topological polar surface area (TPSA) is 129 Å². The lowest BCUT2D eigenvalue weighted by molar-refractivity contribution is -0.121. The van der Waals surface area contributed by atoms with E-state index in [1.54, 1.807) is 4.68 Å². The van der Waals surface area contributed by atoms with Crippen LogP contribution < -0.4 is 0 Å². The molecule has 1 saturated carbocycles. The molecule has 0 radical (unpaired) electrons. The molecule has 9 heteroatoms. The number of carboxylic acids is 1. The van der Waals surface area contributed by atoms with E-state index in [0.29, 0.717) is 44.5 Å². The third kappa shape index (κ3) is 7.51. The quantitative estimate of drug-likeness (QED) is 0.474. The van der Waals surface area contributed by atoms with Crippen LogP contribution in [0.1, 0.15) is 67.7 Å². The first kappa shape index (κ1) is 26.8. The van der Waals surface area contributed by atoms with Crippen molar-refractivity contribution in [1.29, 1.82) is 10.5 Å². The Morgan fingerprint density at radius 2 is 1.70 bits per heavy atom. The molecule has 8 nitrogen and oxygen atoms in total. The van der Waals surface area contributed by atoms with E-state index in [0.717, 1.165) is 30.1 Å². The summed E-state index contributed by atoms with van der Waals surface area (Å²) in [5.74, 6) is -0.699. The summed E-state index contributed by atoms with van der Waals surface area (Å²) < 4.78 is 7.35. The fourth-order valence-electron chi connectivity index (χ4n) is 3.95. The number of hydrogen-bond acceptors (Lipinski definition) is 6. The Labute approximate surface area is 197 Å². The molecule has 1 fully saturated rings. The molecule has 0 aliphatic heterocycles. The molecular formula is C24H36N4O4Si. The van der Waals surface area contributed by atoms with Crippen LogP contribution >= 0.6 is 0 Å². The Morgan fingerprint density at radius 3 is 2.21 bits per heavy atom. The highest BCUT2D eigenvalue weighted by Crippen LogP contribution is 2.36. The molecule has 0 amide bonds. The molecule has 3 rings (SSSR count). The molecule has 1 unspecified atom stereocenters. The summed E-state index contributed by atoms with van der Waals surface area (Å²) in [4.78, 5) is 22.2. The minimum absolute atomic E-state index is 0.105. The van der Waals surface area contributed by atoms with Gasteiger partial charge in [0, 0.05) is 45.2 Å². The number of hydrogen-bond donors (Lipinski definition) is 1. The van der Waals surface area contributed by atoms with Crippen LogP contribution in [-0.2, 0) is 29.1 Å². The van der Waals surface area contributed by atoms with Gasteiger partial charge in [0.25, 0.3) is 0 Å². The molecule has 180 valence electrons. The summed E-state index contributed by atoms with van der Waals surface area (Å²) in [5, 5.41) is 31.6. The summed E-state index contributed by atoms with van der Waals surface area (Å²) in [7, 11) is -1.16. The van der Waals surface area contributed by atoms with Gasteiger partial charge in [-0.25, -0.2) is 9.48 Å². The maximum Gasteiger partial charge on any atom is 0.356 e. The third-order valence-electron chi connectivity index (χ3n) is 6.51. The van der Waals surface area contributed by atoms with Gasteiger partial charge in [0.15, 0.2) is 5.69 Å². The van der Waals surface area contributed by atoms with Crippen molar-refractivity contribution in [3.8, 4) is 12.1 Å². The molecule has 0 spiro atoms. The summed E-state index contributed by atoms with van der Waals surface area (Å²) in [5.41, 5.74) is 1.03. The standard InChI is InChI=1S/C16H25N3O3Si.C8H11NO/c1-16(10-17)6-5-12-13(9-16)19(18-14(12)15(20)21)11-22-7-8-23(2,3)4;1-8(6-9)4-2-7(10)3-5-8/h5-9,11H2,1-4H3,(H,20,21);2-5H2,1H3. The van der Waals surface area contributed by atoms with Gasteiger partial charge in [-0.3, -0.25) is 4.79 Å². The number of Topliss-reactive ketones (excluding diaryl/α,β-unsaturated/α-hetero) is 1. The lowest BCUT2D eigenvalue weighted by Crippen LogP contribution is -2.26. The van der Waals surface area contributed by atoms with Crippen molar-refractivity contribution >= 4 is 19.8 Å². The monoisotopic (exact) mass is 472 g/mol. The summed E-state index contributed by atoms with van der Waals surface area (Å²) in [6.45, 7) is 11.6. The molecule has 1 N–H and O–H groups in total. The van der Waals surface area contributed by atoms with Gasteiger partial charge in [0.05, 0.1) is 23.0 Å². The molecule has 33 heavy (non-hydrogen) atoms.